The number of aryl methyl sites for hydroxylation is 1. The smallest absolute Gasteiger partial charge is 0.388 e. The summed E-state index contributed by atoms with van der Waals surface area (Å²) < 4.78 is 198. The average Bonchev–Trinajstić information content (AvgIpc) is 2.66. The van der Waals surface area contributed by atoms with Gasteiger partial charge in [-0.15, -0.1) is 0 Å². The third-order valence-corrected chi connectivity index (χ3v) is 4.75. The number of hydrogen-bond acceptors (Lipinski definition) is 1. The molecule has 0 radical (unpaired) electrons. The fourth-order valence-electron chi connectivity index (χ4n) is 2.68. The van der Waals surface area contributed by atoms with E-state index in [2.05, 4.69) is 0 Å². The molecule has 0 saturated carbocycles. The molecule has 0 bridgehead atoms. The fourth-order valence-corrected chi connectivity index (χ4v) is 2.68. The number of halogens is 15. The maximum absolute atomic E-state index is 13.9. The second-order valence-electron chi connectivity index (χ2n) is 7.29. The number of aliphatic hydroxyl groups excluding tert-OH is 1. The molecule has 0 aliphatic heterocycles. The lowest BCUT2D eigenvalue weighted by Gasteiger charge is -2.41. The van der Waals surface area contributed by atoms with Crippen LogP contribution in [0.4, 0.5) is 65.9 Å². The van der Waals surface area contributed by atoms with Crippen LogP contribution in [-0.4, -0.2) is 46.8 Å². The van der Waals surface area contributed by atoms with Crippen molar-refractivity contribution >= 4 is 0 Å². The second kappa shape index (κ2) is 8.97. The van der Waals surface area contributed by atoms with Gasteiger partial charge in [-0.2, -0.15) is 65.9 Å². The first kappa shape index (κ1) is 30.2. The molecule has 1 atom stereocenters. The molecular weight excluding hydrogens is 517 g/mol. The lowest BCUT2D eigenvalue weighted by molar-refractivity contribution is -0.453. The highest BCUT2D eigenvalue weighted by Crippen LogP contribution is 2.63. The van der Waals surface area contributed by atoms with E-state index in [0.717, 1.165) is 12.1 Å². The Morgan fingerprint density at radius 1 is 0.618 bits per heavy atom. The summed E-state index contributed by atoms with van der Waals surface area (Å²) in [6.07, 6.45) is -12.2. The molecule has 1 unspecified atom stereocenters. The van der Waals surface area contributed by atoms with Crippen LogP contribution >= 0.6 is 0 Å². The molecule has 1 aromatic rings. The van der Waals surface area contributed by atoms with E-state index >= 15 is 0 Å². The second-order valence-corrected chi connectivity index (χ2v) is 7.29. The van der Waals surface area contributed by atoms with Gasteiger partial charge in [-0.3, -0.25) is 0 Å². The van der Waals surface area contributed by atoms with Crippen molar-refractivity contribution < 1.29 is 71.0 Å². The first-order valence-electron chi connectivity index (χ1n) is 9.03. The summed E-state index contributed by atoms with van der Waals surface area (Å²) >= 11 is 0. The zero-order chi connectivity index (χ0) is 27.2. The molecule has 0 aliphatic carbocycles. The molecule has 0 fully saturated rings. The Bertz CT molecular complexity index is 827. The Kier molecular flexibility index (Phi) is 7.96. The summed E-state index contributed by atoms with van der Waals surface area (Å²) in [7, 11) is 0. The number of alkyl halides is 15. The van der Waals surface area contributed by atoms with E-state index in [4.69, 9.17) is 0 Å². The van der Waals surface area contributed by atoms with Gasteiger partial charge in [-0.05, 0) is 17.5 Å². The largest absolute Gasteiger partial charge is 0.460 e. The van der Waals surface area contributed by atoms with E-state index in [1.54, 1.807) is 6.92 Å². The van der Waals surface area contributed by atoms with Crippen molar-refractivity contribution in [3.8, 4) is 0 Å². The lowest BCUT2D eigenvalue weighted by Crippen LogP contribution is -2.72. The molecule has 34 heavy (non-hydrogen) atoms. The van der Waals surface area contributed by atoms with E-state index in [0.29, 0.717) is 18.4 Å². The van der Waals surface area contributed by atoms with Crippen molar-refractivity contribution in [2.24, 2.45) is 0 Å². The molecule has 1 N–H and O–H groups in total. The topological polar surface area (TPSA) is 20.2 Å². The SMILES string of the molecule is CCCc1ccc(C(O)CC(F)(F)C(F)(F)C(F)(F)C(F)(F)C(F)(F)C(F)(F)C(F)(F)F)cc1. The van der Waals surface area contributed by atoms with Crippen molar-refractivity contribution in [1.82, 2.24) is 0 Å². The minimum Gasteiger partial charge on any atom is -0.388 e. The average molecular weight is 532 g/mol. The van der Waals surface area contributed by atoms with E-state index < -0.39 is 59.8 Å². The van der Waals surface area contributed by atoms with Crippen LogP contribution in [0.25, 0.3) is 0 Å². The van der Waals surface area contributed by atoms with Gasteiger partial charge in [0.2, 0.25) is 0 Å². The van der Waals surface area contributed by atoms with Gasteiger partial charge in [0, 0.05) is 6.42 Å². The van der Waals surface area contributed by atoms with E-state index in [1.807, 2.05) is 0 Å². The zero-order valence-corrected chi connectivity index (χ0v) is 16.6. The van der Waals surface area contributed by atoms with Crippen LogP contribution in [0.15, 0.2) is 24.3 Å². The van der Waals surface area contributed by atoms with Gasteiger partial charge in [0.1, 0.15) is 0 Å². The number of aliphatic hydroxyl groups is 1. The molecule has 198 valence electrons. The summed E-state index contributed by atoms with van der Waals surface area (Å²) in [5.74, 6) is -46.9. The van der Waals surface area contributed by atoms with Crippen LogP contribution in [-0.2, 0) is 6.42 Å². The van der Waals surface area contributed by atoms with E-state index in [1.165, 1.54) is 12.1 Å². The molecular formula is C18H15F15O. The van der Waals surface area contributed by atoms with Gasteiger partial charge in [0.15, 0.2) is 0 Å². The molecule has 0 amide bonds. The monoisotopic (exact) mass is 532 g/mol. The van der Waals surface area contributed by atoms with Crippen LogP contribution in [0.3, 0.4) is 0 Å². The predicted octanol–water partition coefficient (Wildman–Crippen LogP) is 7.44. The Morgan fingerprint density at radius 2 is 1.00 bits per heavy atom. The summed E-state index contributed by atoms with van der Waals surface area (Å²) in [6, 6.07) is 4.13. The van der Waals surface area contributed by atoms with Crippen LogP contribution in [0.5, 0.6) is 0 Å². The third kappa shape index (κ3) is 4.65. The Hall–Kier alpha value is -1.87. The first-order valence-corrected chi connectivity index (χ1v) is 9.03. The van der Waals surface area contributed by atoms with Crippen LogP contribution in [0.1, 0.15) is 37.0 Å². The minimum absolute atomic E-state index is 0.433. The highest BCUT2D eigenvalue weighted by Gasteiger charge is 2.93. The van der Waals surface area contributed by atoms with Crippen molar-refractivity contribution in [3.63, 3.8) is 0 Å². The van der Waals surface area contributed by atoms with Gasteiger partial charge in [-0.25, -0.2) is 0 Å². The standard InChI is InChI=1S/C18H15F15O/c1-2-3-9-4-6-10(7-5-9)11(34)8-12(19,20)13(21,22)14(23,24)15(25,26)16(27,28)17(29,30)18(31,32)33/h4-7,11,34H,2-3,8H2,1H3. The fraction of sp³-hybridized carbons (Fsp3) is 0.667. The molecule has 16 heteroatoms. The molecule has 0 aliphatic rings. The van der Waals surface area contributed by atoms with Crippen molar-refractivity contribution in [2.75, 3.05) is 0 Å². The van der Waals surface area contributed by atoms with Crippen molar-refractivity contribution in [3.05, 3.63) is 35.4 Å². The van der Waals surface area contributed by atoms with Crippen LogP contribution in [0.2, 0.25) is 0 Å². The molecule has 1 nitrogen and oxygen atoms in total. The van der Waals surface area contributed by atoms with Gasteiger partial charge >= 0.3 is 41.7 Å². The summed E-state index contributed by atoms with van der Waals surface area (Å²) in [4.78, 5) is 0. The predicted molar refractivity (Wildman–Crippen MR) is 85.8 cm³/mol. The number of hydrogen-bond donors (Lipinski definition) is 1. The molecule has 1 aromatic carbocycles. The Labute approximate surface area is 181 Å². The van der Waals surface area contributed by atoms with E-state index in [-0.39, 0.29) is 0 Å². The molecule has 0 saturated heterocycles. The lowest BCUT2D eigenvalue weighted by atomic mass is 9.88. The summed E-state index contributed by atoms with van der Waals surface area (Å²) in [5, 5.41) is 9.64. The molecule has 0 aromatic heterocycles. The number of rotatable bonds is 10. The van der Waals surface area contributed by atoms with Crippen molar-refractivity contribution in [1.29, 1.82) is 0 Å². The van der Waals surface area contributed by atoms with Gasteiger partial charge in [-0.1, -0.05) is 37.6 Å². The quantitative estimate of drug-likeness (QED) is 0.311. The zero-order valence-electron chi connectivity index (χ0n) is 16.6. The maximum atomic E-state index is 13.9. The van der Waals surface area contributed by atoms with Gasteiger partial charge < -0.3 is 5.11 Å². The highest BCUT2D eigenvalue weighted by atomic mass is 19.4. The summed E-state index contributed by atoms with van der Waals surface area (Å²) in [5.41, 5.74) is -0.0751. The molecule has 0 heterocycles. The van der Waals surface area contributed by atoms with Gasteiger partial charge in [0.25, 0.3) is 0 Å². The van der Waals surface area contributed by atoms with Gasteiger partial charge in [0.05, 0.1) is 6.10 Å². The maximum Gasteiger partial charge on any atom is 0.460 e. The van der Waals surface area contributed by atoms with E-state index in [9.17, 15) is 71.0 Å². The highest BCUT2D eigenvalue weighted by molar-refractivity contribution is 5.25. The Morgan fingerprint density at radius 3 is 1.38 bits per heavy atom. The van der Waals surface area contributed by atoms with Crippen LogP contribution < -0.4 is 0 Å². The molecule has 0 spiro atoms. The van der Waals surface area contributed by atoms with Crippen LogP contribution in [0, 0.1) is 0 Å². The Balaban J connectivity index is 3.37. The molecule has 1 rings (SSSR count). The first-order chi connectivity index (χ1) is 14.9. The number of benzene rings is 1. The third-order valence-electron chi connectivity index (χ3n) is 4.75. The summed E-state index contributed by atoms with van der Waals surface area (Å²) in [6.45, 7) is 1.73. The van der Waals surface area contributed by atoms with Crippen molar-refractivity contribution in [2.45, 2.75) is 74.0 Å². The minimum atomic E-state index is -8.33. The normalized spacial score (nSPS) is 16.0.